The molecule has 2 unspecified atom stereocenters. The average Bonchev–Trinajstić information content (AvgIpc) is 3.53. The fourth-order valence-electron chi connectivity index (χ4n) is 4.65. The second kappa shape index (κ2) is 17.4. The van der Waals surface area contributed by atoms with Gasteiger partial charge in [0.25, 0.3) is 8.53 Å². The summed E-state index contributed by atoms with van der Waals surface area (Å²) >= 11 is 0. The van der Waals surface area contributed by atoms with E-state index >= 15 is 0 Å². The van der Waals surface area contributed by atoms with E-state index in [-0.39, 0.29) is 63.6 Å². The third-order valence-corrected chi connectivity index (χ3v) is 8.48. The molecule has 0 spiro atoms. The Bertz CT molecular complexity index is 1240. The topological polar surface area (TPSA) is 159 Å². The molecule has 43 heavy (non-hydrogen) atoms. The molecule has 1 N–H and O–H groups in total. The molecule has 1 aliphatic rings. The molecule has 0 aromatic carbocycles. The van der Waals surface area contributed by atoms with Gasteiger partial charge in [-0.2, -0.15) is 5.26 Å². The SMILES string of the molecule is [C-]#[N+]CCOP(OC1[C@@H](CC)O[C@@H](n2cnc3c(NC(C)=O)ncnc32)[C@H]1OCOCOCCC#N)N(C(C)C)C(C)C. The van der Waals surface area contributed by atoms with Crippen molar-refractivity contribution in [2.24, 2.45) is 0 Å². The van der Waals surface area contributed by atoms with E-state index in [1.54, 1.807) is 10.9 Å². The molecule has 2 aromatic heterocycles. The lowest BCUT2D eigenvalue weighted by atomic mass is 10.1. The van der Waals surface area contributed by atoms with Gasteiger partial charge in [-0.25, -0.2) is 26.2 Å². The summed E-state index contributed by atoms with van der Waals surface area (Å²) in [4.78, 5) is 28.2. The van der Waals surface area contributed by atoms with E-state index in [4.69, 9.17) is 39.8 Å². The van der Waals surface area contributed by atoms with Crippen LogP contribution in [-0.2, 0) is 32.8 Å². The van der Waals surface area contributed by atoms with Crippen molar-refractivity contribution in [3.63, 3.8) is 0 Å². The first-order valence-electron chi connectivity index (χ1n) is 14.2. The summed E-state index contributed by atoms with van der Waals surface area (Å²) in [6.45, 7) is 19.4. The number of hydrogen-bond acceptors (Lipinski definition) is 12. The number of fused-ring (bicyclic) bond motifs is 1. The number of imidazole rings is 1. The lowest BCUT2D eigenvalue weighted by Crippen LogP contribution is -2.40. The van der Waals surface area contributed by atoms with Gasteiger partial charge < -0.3 is 38.2 Å². The number of rotatable bonds is 18. The van der Waals surface area contributed by atoms with Gasteiger partial charge in [-0.1, -0.05) is 6.92 Å². The molecule has 0 bridgehead atoms. The highest BCUT2D eigenvalue weighted by molar-refractivity contribution is 7.44. The number of ether oxygens (including phenoxy) is 4. The van der Waals surface area contributed by atoms with Crippen LogP contribution in [-0.4, -0.2) is 93.8 Å². The number of nitriles is 1. The van der Waals surface area contributed by atoms with Crippen LogP contribution in [0.4, 0.5) is 5.82 Å². The zero-order valence-electron chi connectivity index (χ0n) is 25.5. The summed E-state index contributed by atoms with van der Waals surface area (Å²) in [5.74, 6) is -0.00129. The number of nitrogens with zero attached hydrogens (tertiary/aromatic N) is 7. The number of nitrogens with one attached hydrogen (secondary N) is 1. The molecular weight excluding hydrogens is 579 g/mol. The van der Waals surface area contributed by atoms with Gasteiger partial charge in [0.05, 0.1) is 31.5 Å². The second-order valence-corrected chi connectivity index (χ2v) is 11.6. The molecule has 0 saturated carbocycles. The van der Waals surface area contributed by atoms with Crippen molar-refractivity contribution in [1.82, 2.24) is 24.2 Å². The summed E-state index contributed by atoms with van der Waals surface area (Å²) in [7, 11) is -1.60. The van der Waals surface area contributed by atoms with E-state index in [1.165, 1.54) is 13.3 Å². The monoisotopic (exact) mass is 620 g/mol. The maximum Gasteiger partial charge on any atom is 0.259 e. The van der Waals surface area contributed by atoms with E-state index in [0.29, 0.717) is 17.6 Å². The molecular formula is C27H41N8O7P. The Morgan fingerprint density at radius 2 is 1.98 bits per heavy atom. The van der Waals surface area contributed by atoms with Crippen LogP contribution in [0.5, 0.6) is 0 Å². The van der Waals surface area contributed by atoms with Gasteiger partial charge in [-0.05, 0) is 34.1 Å². The second-order valence-electron chi connectivity index (χ2n) is 10.2. The van der Waals surface area contributed by atoms with Crippen molar-refractivity contribution in [2.75, 3.05) is 38.7 Å². The molecule has 3 heterocycles. The van der Waals surface area contributed by atoms with Gasteiger partial charge in [-0.15, -0.1) is 0 Å². The molecule has 3 rings (SSSR count). The number of carbonyl (C=O) groups is 1. The molecule has 2 aromatic rings. The largest absolute Gasteiger partial charge is 0.354 e. The lowest BCUT2D eigenvalue weighted by molar-refractivity contribution is -0.173. The predicted octanol–water partition coefficient (Wildman–Crippen LogP) is 4.01. The summed E-state index contributed by atoms with van der Waals surface area (Å²) < 4.78 is 40.5. The summed E-state index contributed by atoms with van der Waals surface area (Å²) in [5.41, 5.74) is 0.838. The van der Waals surface area contributed by atoms with Crippen molar-refractivity contribution in [3.05, 3.63) is 24.1 Å². The van der Waals surface area contributed by atoms with Gasteiger partial charge in [0.15, 0.2) is 23.2 Å². The molecule has 15 nitrogen and oxygen atoms in total. The Morgan fingerprint density at radius 1 is 1.21 bits per heavy atom. The lowest BCUT2D eigenvalue weighted by Gasteiger charge is -2.38. The van der Waals surface area contributed by atoms with E-state index in [2.05, 4.69) is 57.5 Å². The van der Waals surface area contributed by atoms with Gasteiger partial charge >= 0.3 is 0 Å². The number of carbonyl (C=O) groups excluding carboxylic acids is 1. The smallest absolute Gasteiger partial charge is 0.259 e. The molecule has 5 atom stereocenters. The molecule has 1 fully saturated rings. The van der Waals surface area contributed by atoms with Crippen molar-refractivity contribution in [3.8, 4) is 6.07 Å². The highest BCUT2D eigenvalue weighted by Crippen LogP contribution is 2.51. The summed E-state index contributed by atoms with van der Waals surface area (Å²) in [6, 6.07) is 2.22. The highest BCUT2D eigenvalue weighted by atomic mass is 31.2. The Kier molecular flexibility index (Phi) is 14.1. The normalized spacial score (nSPS) is 21.0. The third-order valence-electron chi connectivity index (χ3n) is 6.35. The number of amides is 1. The molecule has 1 aliphatic heterocycles. The highest BCUT2D eigenvalue weighted by Gasteiger charge is 2.49. The molecule has 16 heteroatoms. The van der Waals surface area contributed by atoms with Crippen LogP contribution in [0.15, 0.2) is 12.7 Å². The fraction of sp³-hybridized carbons (Fsp3) is 0.704. The minimum absolute atomic E-state index is 0.0507. The number of anilines is 1. The first-order valence-corrected chi connectivity index (χ1v) is 15.3. The van der Waals surface area contributed by atoms with E-state index < -0.39 is 33.1 Å². The molecule has 1 amide bonds. The van der Waals surface area contributed by atoms with Crippen LogP contribution >= 0.6 is 8.53 Å². The molecule has 1 saturated heterocycles. The quantitative estimate of drug-likeness (QED) is 0.111. The van der Waals surface area contributed by atoms with Gasteiger partial charge in [0, 0.05) is 19.0 Å². The van der Waals surface area contributed by atoms with Crippen LogP contribution in [0.3, 0.4) is 0 Å². The zero-order chi connectivity index (χ0) is 31.4. The summed E-state index contributed by atoms with van der Waals surface area (Å²) in [5, 5.41) is 11.4. The maximum atomic E-state index is 11.7. The Balaban J connectivity index is 1.95. The zero-order valence-corrected chi connectivity index (χ0v) is 26.4. The van der Waals surface area contributed by atoms with Crippen LogP contribution in [0.25, 0.3) is 16.0 Å². The van der Waals surface area contributed by atoms with Crippen molar-refractivity contribution < 1.29 is 32.8 Å². The van der Waals surface area contributed by atoms with Gasteiger partial charge in [-0.3, -0.25) is 9.36 Å². The van der Waals surface area contributed by atoms with Gasteiger partial charge in [0.1, 0.15) is 38.7 Å². The average molecular weight is 621 g/mol. The molecule has 0 radical (unpaired) electrons. The Hall–Kier alpha value is -2.85. The van der Waals surface area contributed by atoms with E-state index in [1.807, 2.05) is 13.0 Å². The van der Waals surface area contributed by atoms with Crippen molar-refractivity contribution in [2.45, 2.75) is 91.0 Å². The Morgan fingerprint density at radius 3 is 2.63 bits per heavy atom. The van der Waals surface area contributed by atoms with Crippen molar-refractivity contribution >= 4 is 31.4 Å². The van der Waals surface area contributed by atoms with Crippen LogP contribution in [0.1, 0.15) is 60.6 Å². The van der Waals surface area contributed by atoms with Crippen LogP contribution in [0, 0.1) is 17.9 Å². The number of aromatic nitrogens is 4. The van der Waals surface area contributed by atoms with Crippen molar-refractivity contribution in [1.29, 1.82) is 5.26 Å². The fourth-order valence-corrected chi connectivity index (χ4v) is 6.41. The maximum absolute atomic E-state index is 11.7. The summed E-state index contributed by atoms with van der Waals surface area (Å²) in [6.07, 6.45) is 1.36. The molecule has 0 aliphatic carbocycles. The Labute approximate surface area is 253 Å². The first-order chi connectivity index (χ1) is 20.7. The third kappa shape index (κ3) is 9.32. The predicted molar refractivity (Wildman–Crippen MR) is 157 cm³/mol. The van der Waals surface area contributed by atoms with E-state index in [9.17, 15) is 4.79 Å². The minimum atomic E-state index is -1.60. The minimum Gasteiger partial charge on any atom is -0.354 e. The van der Waals surface area contributed by atoms with Crippen LogP contribution in [0.2, 0.25) is 0 Å². The number of hydrogen-bond donors (Lipinski definition) is 1. The van der Waals surface area contributed by atoms with Gasteiger partial charge in [0.2, 0.25) is 12.5 Å². The molecule has 236 valence electrons. The van der Waals surface area contributed by atoms with E-state index in [0.717, 1.165) is 0 Å². The standard InChI is InChI=1S/C27H41N8O7P/c1-8-21-23(42-43(40-13-11-29-7)35(18(2)3)19(4)5)24(39-17-38-16-37-12-9-10-28)27(41-21)34-15-32-22-25(33-20(6)36)30-14-31-26(22)34/h14-15,18-19,21,23-24,27H,8-9,11-13,16-17H2,1-6H3,(H,30,31,33,36)/t21-,23?,24+,27-,43?/m1/s1. The first kappa shape index (κ1) is 34.6. The van der Waals surface area contributed by atoms with Crippen LogP contribution < -0.4 is 5.32 Å².